The van der Waals surface area contributed by atoms with Gasteiger partial charge in [0.1, 0.15) is 5.82 Å². The van der Waals surface area contributed by atoms with Crippen LogP contribution in [-0.4, -0.2) is 48.3 Å². The largest absolute Gasteiger partial charge is 0.394 e. The SMILES string of the molecule is NNc1c(F)cccc1C(=O)N1CCOCC1CO. The van der Waals surface area contributed by atoms with Crippen LogP contribution in [0.2, 0.25) is 0 Å². The van der Waals surface area contributed by atoms with E-state index in [0.717, 1.165) is 0 Å². The summed E-state index contributed by atoms with van der Waals surface area (Å²) in [5.41, 5.74) is 2.30. The summed E-state index contributed by atoms with van der Waals surface area (Å²) in [6, 6.07) is 3.73. The third kappa shape index (κ3) is 2.67. The molecular formula is C12H16FN3O3. The van der Waals surface area contributed by atoms with Gasteiger partial charge in [-0.25, -0.2) is 4.39 Å². The molecule has 1 amide bonds. The van der Waals surface area contributed by atoms with Gasteiger partial charge in [-0.1, -0.05) is 6.07 Å². The number of benzene rings is 1. The van der Waals surface area contributed by atoms with E-state index < -0.39 is 11.9 Å². The van der Waals surface area contributed by atoms with Crippen molar-refractivity contribution in [2.45, 2.75) is 6.04 Å². The molecule has 2 rings (SSSR count). The van der Waals surface area contributed by atoms with E-state index in [0.29, 0.717) is 13.2 Å². The Morgan fingerprint density at radius 1 is 1.63 bits per heavy atom. The Labute approximate surface area is 109 Å². The maximum atomic E-state index is 13.6. The number of hydrogen-bond acceptors (Lipinski definition) is 5. The smallest absolute Gasteiger partial charge is 0.256 e. The van der Waals surface area contributed by atoms with E-state index in [9.17, 15) is 14.3 Å². The number of amides is 1. The summed E-state index contributed by atoms with van der Waals surface area (Å²) in [7, 11) is 0. The first-order valence-corrected chi connectivity index (χ1v) is 5.93. The lowest BCUT2D eigenvalue weighted by molar-refractivity contribution is -0.0183. The summed E-state index contributed by atoms with van der Waals surface area (Å²) in [6.45, 7) is 0.808. The highest BCUT2D eigenvalue weighted by Gasteiger charge is 2.29. The maximum absolute atomic E-state index is 13.6. The van der Waals surface area contributed by atoms with Crippen LogP contribution in [-0.2, 0) is 4.74 Å². The van der Waals surface area contributed by atoms with Gasteiger partial charge in [-0.15, -0.1) is 0 Å². The zero-order valence-electron chi connectivity index (χ0n) is 10.3. The monoisotopic (exact) mass is 269 g/mol. The molecule has 1 aliphatic rings. The second-order valence-electron chi connectivity index (χ2n) is 4.22. The number of rotatable bonds is 3. The van der Waals surface area contributed by atoms with Crippen molar-refractivity contribution in [2.75, 3.05) is 31.8 Å². The van der Waals surface area contributed by atoms with Crippen LogP contribution in [0.3, 0.4) is 0 Å². The average molecular weight is 269 g/mol. The molecule has 0 aliphatic carbocycles. The molecule has 1 aliphatic heterocycles. The zero-order valence-corrected chi connectivity index (χ0v) is 10.3. The molecule has 0 saturated carbocycles. The van der Waals surface area contributed by atoms with Crippen molar-refractivity contribution in [1.82, 2.24) is 4.90 Å². The lowest BCUT2D eigenvalue weighted by Crippen LogP contribution is -2.50. The highest BCUT2D eigenvalue weighted by Crippen LogP contribution is 2.22. The summed E-state index contributed by atoms with van der Waals surface area (Å²) in [5.74, 6) is 4.28. The van der Waals surface area contributed by atoms with Gasteiger partial charge in [0.2, 0.25) is 0 Å². The number of anilines is 1. The van der Waals surface area contributed by atoms with Crippen LogP contribution in [0.1, 0.15) is 10.4 Å². The van der Waals surface area contributed by atoms with E-state index in [1.54, 1.807) is 0 Å². The van der Waals surface area contributed by atoms with Crippen molar-refractivity contribution >= 4 is 11.6 Å². The van der Waals surface area contributed by atoms with Gasteiger partial charge in [-0.05, 0) is 12.1 Å². The van der Waals surface area contributed by atoms with E-state index in [-0.39, 0.29) is 30.4 Å². The molecule has 1 aromatic rings. The molecule has 1 fully saturated rings. The number of aliphatic hydroxyl groups is 1. The third-order valence-electron chi connectivity index (χ3n) is 3.09. The number of carbonyl (C=O) groups is 1. The van der Waals surface area contributed by atoms with Crippen LogP contribution in [0, 0.1) is 5.82 Å². The van der Waals surface area contributed by atoms with Gasteiger partial charge in [0.25, 0.3) is 5.91 Å². The number of nitrogens with two attached hydrogens (primary N) is 1. The first kappa shape index (κ1) is 13.7. The van der Waals surface area contributed by atoms with Crippen molar-refractivity contribution in [2.24, 2.45) is 5.84 Å². The number of halogens is 1. The summed E-state index contributed by atoms with van der Waals surface area (Å²) in [5, 5.41) is 9.25. The van der Waals surface area contributed by atoms with Crippen molar-refractivity contribution in [3.05, 3.63) is 29.6 Å². The summed E-state index contributed by atoms with van der Waals surface area (Å²) >= 11 is 0. The van der Waals surface area contributed by atoms with E-state index in [1.165, 1.54) is 23.1 Å². The number of nitrogens with zero attached hydrogens (tertiary/aromatic N) is 1. The summed E-state index contributed by atoms with van der Waals surface area (Å²) in [4.78, 5) is 13.9. The first-order chi connectivity index (χ1) is 9.19. The molecule has 1 aromatic carbocycles. The van der Waals surface area contributed by atoms with Crippen LogP contribution in [0.25, 0.3) is 0 Å². The molecule has 1 unspecified atom stereocenters. The number of nitrogen functional groups attached to an aromatic ring is 1. The molecular weight excluding hydrogens is 253 g/mol. The molecule has 1 atom stereocenters. The van der Waals surface area contributed by atoms with Gasteiger partial charge < -0.3 is 20.2 Å². The molecule has 6 nitrogen and oxygen atoms in total. The number of para-hydroxylation sites is 1. The number of aliphatic hydroxyl groups excluding tert-OH is 1. The van der Waals surface area contributed by atoms with Crippen LogP contribution in [0.4, 0.5) is 10.1 Å². The topological polar surface area (TPSA) is 87.8 Å². The molecule has 0 radical (unpaired) electrons. The first-order valence-electron chi connectivity index (χ1n) is 5.93. The Kier molecular flexibility index (Phi) is 4.31. The van der Waals surface area contributed by atoms with Crippen LogP contribution >= 0.6 is 0 Å². The summed E-state index contributed by atoms with van der Waals surface area (Å²) in [6.07, 6.45) is 0. The van der Waals surface area contributed by atoms with Crippen molar-refractivity contribution in [3.63, 3.8) is 0 Å². The van der Waals surface area contributed by atoms with Crippen molar-refractivity contribution < 1.29 is 19.0 Å². The molecule has 1 saturated heterocycles. The van der Waals surface area contributed by atoms with E-state index in [4.69, 9.17) is 10.6 Å². The minimum Gasteiger partial charge on any atom is -0.394 e. The van der Waals surface area contributed by atoms with Crippen LogP contribution in [0.15, 0.2) is 18.2 Å². The molecule has 104 valence electrons. The van der Waals surface area contributed by atoms with Crippen LogP contribution < -0.4 is 11.3 Å². The Hall–Kier alpha value is -1.70. The number of carbonyl (C=O) groups excluding carboxylic acids is 1. The Bertz CT molecular complexity index is 470. The standard InChI is InChI=1S/C12H16FN3O3/c13-10-3-1-2-9(11(10)15-14)12(18)16-4-5-19-7-8(16)6-17/h1-3,8,15,17H,4-7,14H2. The van der Waals surface area contributed by atoms with Gasteiger partial charge in [0, 0.05) is 6.54 Å². The summed E-state index contributed by atoms with van der Waals surface area (Å²) < 4.78 is 18.8. The molecule has 4 N–H and O–H groups in total. The Morgan fingerprint density at radius 3 is 3.11 bits per heavy atom. The molecule has 0 aromatic heterocycles. The second-order valence-corrected chi connectivity index (χ2v) is 4.22. The Balaban J connectivity index is 2.30. The number of hydrogen-bond donors (Lipinski definition) is 3. The highest BCUT2D eigenvalue weighted by atomic mass is 19.1. The van der Waals surface area contributed by atoms with E-state index in [1.807, 2.05) is 0 Å². The lowest BCUT2D eigenvalue weighted by atomic mass is 10.1. The lowest BCUT2D eigenvalue weighted by Gasteiger charge is -2.34. The van der Waals surface area contributed by atoms with Gasteiger partial charge in [0.05, 0.1) is 37.1 Å². The number of morpholine rings is 1. The quantitative estimate of drug-likeness (QED) is 0.529. The number of ether oxygens (including phenoxy) is 1. The molecule has 1 heterocycles. The third-order valence-corrected chi connectivity index (χ3v) is 3.09. The molecule has 0 spiro atoms. The predicted octanol–water partition coefficient (Wildman–Crippen LogP) is -0.0554. The Morgan fingerprint density at radius 2 is 2.42 bits per heavy atom. The van der Waals surface area contributed by atoms with Crippen molar-refractivity contribution in [3.8, 4) is 0 Å². The zero-order chi connectivity index (χ0) is 13.8. The fraction of sp³-hybridized carbons (Fsp3) is 0.417. The number of nitrogens with one attached hydrogen (secondary N) is 1. The molecule has 0 bridgehead atoms. The maximum Gasteiger partial charge on any atom is 0.256 e. The van der Waals surface area contributed by atoms with Gasteiger partial charge in [-0.2, -0.15) is 0 Å². The predicted molar refractivity (Wildman–Crippen MR) is 66.9 cm³/mol. The fourth-order valence-corrected chi connectivity index (χ4v) is 2.08. The average Bonchev–Trinajstić information content (AvgIpc) is 2.46. The normalized spacial score (nSPS) is 19.3. The second kappa shape index (κ2) is 5.96. The molecule has 19 heavy (non-hydrogen) atoms. The van der Waals surface area contributed by atoms with Gasteiger partial charge in [-0.3, -0.25) is 10.6 Å². The minimum atomic E-state index is -0.595. The fourth-order valence-electron chi connectivity index (χ4n) is 2.08. The van der Waals surface area contributed by atoms with Crippen molar-refractivity contribution in [1.29, 1.82) is 0 Å². The van der Waals surface area contributed by atoms with Gasteiger partial charge in [0.15, 0.2) is 0 Å². The van der Waals surface area contributed by atoms with Gasteiger partial charge >= 0.3 is 0 Å². The van der Waals surface area contributed by atoms with E-state index >= 15 is 0 Å². The van der Waals surface area contributed by atoms with Crippen LogP contribution in [0.5, 0.6) is 0 Å². The highest BCUT2D eigenvalue weighted by molar-refractivity contribution is 5.99. The number of hydrazine groups is 1. The van der Waals surface area contributed by atoms with E-state index in [2.05, 4.69) is 5.43 Å². The molecule has 7 heteroatoms. The minimum absolute atomic E-state index is 0.0457.